The first-order valence-electron chi connectivity index (χ1n) is 10.5. The molecule has 1 heterocycles. The van der Waals surface area contributed by atoms with E-state index in [1.54, 1.807) is 6.08 Å². The van der Waals surface area contributed by atoms with Gasteiger partial charge in [0.25, 0.3) is 0 Å². The van der Waals surface area contributed by atoms with E-state index in [1.807, 2.05) is 18.2 Å². The van der Waals surface area contributed by atoms with Crippen LogP contribution in [0, 0.1) is 11.6 Å². The third kappa shape index (κ3) is 4.59. The van der Waals surface area contributed by atoms with Crippen molar-refractivity contribution in [3.05, 3.63) is 83.4 Å². The Balaban J connectivity index is 1.81. The molecule has 0 spiro atoms. The van der Waals surface area contributed by atoms with Crippen molar-refractivity contribution in [1.29, 1.82) is 0 Å². The quantitative estimate of drug-likeness (QED) is 0.397. The highest BCUT2D eigenvalue weighted by molar-refractivity contribution is 7.07. The highest BCUT2D eigenvalue weighted by Crippen LogP contribution is 2.36. The molecule has 4 rings (SSSR count). The maximum absolute atomic E-state index is 14.3. The number of halogens is 2. The summed E-state index contributed by atoms with van der Waals surface area (Å²) in [6.07, 6.45) is 7.81. The van der Waals surface area contributed by atoms with Crippen LogP contribution in [-0.2, 0) is 0 Å². The smallest absolute Gasteiger partial charge is 0.176 e. The zero-order valence-corrected chi connectivity index (χ0v) is 18.3. The molecular formula is C25H25F2N3S. The molecule has 0 unspecified atom stereocenters. The molecule has 1 aliphatic rings. The Morgan fingerprint density at radius 3 is 2.55 bits per heavy atom. The third-order valence-corrected chi connectivity index (χ3v) is 6.56. The number of hydrogen-bond acceptors (Lipinski definition) is 4. The molecule has 3 nitrogen and oxygen atoms in total. The van der Waals surface area contributed by atoms with Gasteiger partial charge in [0.1, 0.15) is 16.6 Å². The minimum Gasteiger partial charge on any atom is -0.371 e. The van der Waals surface area contributed by atoms with E-state index >= 15 is 0 Å². The van der Waals surface area contributed by atoms with Crippen LogP contribution in [0.25, 0.3) is 22.7 Å². The van der Waals surface area contributed by atoms with E-state index in [2.05, 4.69) is 40.0 Å². The lowest BCUT2D eigenvalue weighted by Crippen LogP contribution is -2.32. The van der Waals surface area contributed by atoms with Gasteiger partial charge in [0.15, 0.2) is 5.82 Å². The van der Waals surface area contributed by atoms with E-state index in [9.17, 15) is 8.78 Å². The number of aromatic nitrogens is 2. The summed E-state index contributed by atoms with van der Waals surface area (Å²) in [5.74, 6) is -0.879. The van der Waals surface area contributed by atoms with Crippen LogP contribution in [0.15, 0.2) is 61.2 Å². The lowest BCUT2D eigenvalue weighted by Gasteiger charge is -2.35. The number of benzene rings is 2. The predicted molar refractivity (Wildman–Crippen MR) is 123 cm³/mol. The Morgan fingerprint density at radius 1 is 1.10 bits per heavy atom. The van der Waals surface area contributed by atoms with Crippen LogP contribution in [0.3, 0.4) is 0 Å². The number of nitrogens with zero attached hydrogens (tertiary/aromatic N) is 3. The molecule has 0 saturated heterocycles. The molecule has 31 heavy (non-hydrogen) atoms. The van der Waals surface area contributed by atoms with Crippen LogP contribution < -0.4 is 0 Å². The molecule has 1 aliphatic carbocycles. The van der Waals surface area contributed by atoms with Crippen LogP contribution in [0.2, 0.25) is 0 Å². The van der Waals surface area contributed by atoms with Crippen molar-refractivity contribution in [1.82, 2.24) is 14.3 Å². The summed E-state index contributed by atoms with van der Waals surface area (Å²) >= 11 is 1.17. The zero-order valence-electron chi connectivity index (χ0n) is 17.5. The van der Waals surface area contributed by atoms with Gasteiger partial charge in [-0.3, -0.25) is 0 Å². The van der Waals surface area contributed by atoms with Crippen LogP contribution >= 0.6 is 11.5 Å². The first-order valence-corrected chi connectivity index (χ1v) is 11.3. The average molecular weight is 438 g/mol. The topological polar surface area (TPSA) is 29.0 Å². The number of allylic oxidation sites excluding steroid dienone is 2. The van der Waals surface area contributed by atoms with Crippen LogP contribution in [-0.4, -0.2) is 27.3 Å². The fourth-order valence-corrected chi connectivity index (χ4v) is 4.91. The SMILES string of the molecule is C=C/C(=C(/c1ccccc1)N(C)C1CCCCC1)c1nc(-c2cc(F)ccc2F)ns1. The molecule has 0 N–H and O–H groups in total. The van der Waals surface area contributed by atoms with Gasteiger partial charge >= 0.3 is 0 Å². The summed E-state index contributed by atoms with van der Waals surface area (Å²) in [6.45, 7) is 4.05. The predicted octanol–water partition coefficient (Wildman–Crippen LogP) is 6.80. The minimum atomic E-state index is -0.544. The van der Waals surface area contributed by atoms with Gasteiger partial charge in [-0.2, -0.15) is 4.37 Å². The molecule has 0 atom stereocenters. The van der Waals surface area contributed by atoms with E-state index in [0.29, 0.717) is 11.0 Å². The van der Waals surface area contributed by atoms with E-state index in [0.717, 1.165) is 47.9 Å². The fraction of sp³-hybridized carbons (Fsp3) is 0.280. The Bertz CT molecular complexity index is 1090. The van der Waals surface area contributed by atoms with Crippen molar-refractivity contribution in [2.45, 2.75) is 38.1 Å². The molecule has 1 aromatic heterocycles. The van der Waals surface area contributed by atoms with Crippen LogP contribution in [0.4, 0.5) is 8.78 Å². The van der Waals surface area contributed by atoms with Crippen LogP contribution in [0.1, 0.15) is 42.7 Å². The molecule has 1 saturated carbocycles. The van der Waals surface area contributed by atoms with Gasteiger partial charge in [0.05, 0.1) is 11.3 Å². The van der Waals surface area contributed by atoms with E-state index < -0.39 is 11.6 Å². The van der Waals surface area contributed by atoms with E-state index in [4.69, 9.17) is 0 Å². The molecule has 160 valence electrons. The second-order valence-electron chi connectivity index (χ2n) is 7.78. The lowest BCUT2D eigenvalue weighted by atomic mass is 9.92. The average Bonchev–Trinajstić information content (AvgIpc) is 3.29. The van der Waals surface area contributed by atoms with E-state index in [1.165, 1.54) is 30.8 Å². The molecule has 1 fully saturated rings. The summed E-state index contributed by atoms with van der Waals surface area (Å²) in [5.41, 5.74) is 3.01. The molecule has 0 bridgehead atoms. The van der Waals surface area contributed by atoms with Gasteiger partial charge in [0.2, 0.25) is 0 Å². The molecular weight excluding hydrogens is 412 g/mol. The first-order chi connectivity index (χ1) is 15.1. The summed E-state index contributed by atoms with van der Waals surface area (Å²) in [7, 11) is 2.12. The van der Waals surface area contributed by atoms with E-state index in [-0.39, 0.29) is 11.4 Å². The largest absolute Gasteiger partial charge is 0.371 e. The minimum absolute atomic E-state index is 0.0628. The van der Waals surface area contributed by atoms with Crippen LogP contribution in [0.5, 0.6) is 0 Å². The highest BCUT2D eigenvalue weighted by atomic mass is 32.1. The summed E-state index contributed by atoms with van der Waals surface area (Å²) < 4.78 is 32.3. The monoisotopic (exact) mass is 437 g/mol. The normalized spacial score (nSPS) is 15.5. The zero-order chi connectivity index (χ0) is 21.8. The van der Waals surface area contributed by atoms with Crippen molar-refractivity contribution in [3.8, 4) is 11.4 Å². The molecule has 6 heteroatoms. The van der Waals surface area contributed by atoms with Crippen molar-refractivity contribution in [2.75, 3.05) is 7.05 Å². The molecule has 0 radical (unpaired) electrons. The maximum atomic E-state index is 14.3. The van der Waals surface area contributed by atoms with Crippen molar-refractivity contribution >= 4 is 22.8 Å². The van der Waals surface area contributed by atoms with Gasteiger partial charge in [-0.05, 0) is 48.1 Å². The standard InChI is InChI=1S/C25H25F2N3S/c1-3-20(25-28-24(29-31-25)21-16-18(26)14-15-22(21)27)23(17-10-6-4-7-11-17)30(2)19-12-8-5-9-13-19/h3-4,6-7,10-11,14-16,19H,1,5,8-9,12-13H2,2H3/b23-20+. The fourth-order valence-electron chi connectivity index (χ4n) is 4.19. The van der Waals surface area contributed by atoms with Crippen molar-refractivity contribution < 1.29 is 8.78 Å². The Kier molecular flexibility index (Phi) is 6.56. The first kappa shape index (κ1) is 21.4. The third-order valence-electron chi connectivity index (χ3n) is 5.81. The maximum Gasteiger partial charge on any atom is 0.176 e. The van der Waals surface area contributed by atoms with Gasteiger partial charge in [-0.1, -0.05) is 62.2 Å². The lowest BCUT2D eigenvalue weighted by molar-refractivity contribution is 0.267. The molecule has 3 aromatic rings. The Morgan fingerprint density at radius 2 is 1.84 bits per heavy atom. The summed E-state index contributed by atoms with van der Waals surface area (Å²) in [6, 6.07) is 13.9. The number of rotatable bonds is 6. The molecule has 2 aromatic carbocycles. The second-order valence-corrected chi connectivity index (χ2v) is 8.53. The highest BCUT2D eigenvalue weighted by Gasteiger charge is 2.24. The van der Waals surface area contributed by atoms with Gasteiger partial charge in [-0.15, -0.1) is 0 Å². The Labute approximate surface area is 185 Å². The van der Waals surface area contributed by atoms with Gasteiger partial charge < -0.3 is 4.90 Å². The Hall–Kier alpha value is -2.86. The van der Waals surface area contributed by atoms with Gasteiger partial charge in [0, 0.05) is 18.7 Å². The van der Waals surface area contributed by atoms with Crippen molar-refractivity contribution in [2.24, 2.45) is 0 Å². The second kappa shape index (κ2) is 9.52. The van der Waals surface area contributed by atoms with Gasteiger partial charge in [-0.25, -0.2) is 13.8 Å². The summed E-state index contributed by atoms with van der Waals surface area (Å²) in [5, 5.41) is 0.634. The summed E-state index contributed by atoms with van der Waals surface area (Å²) in [4.78, 5) is 6.90. The molecule has 0 aliphatic heterocycles. The van der Waals surface area contributed by atoms with Crippen molar-refractivity contribution in [3.63, 3.8) is 0 Å². The molecule has 0 amide bonds. The number of hydrogen-bond donors (Lipinski definition) is 0.